The van der Waals surface area contributed by atoms with Gasteiger partial charge in [0.25, 0.3) is 0 Å². The number of imidazole rings is 1. The number of hydrogen-bond donors (Lipinski definition) is 0. The van der Waals surface area contributed by atoms with Gasteiger partial charge in [0.15, 0.2) is 4.96 Å². The summed E-state index contributed by atoms with van der Waals surface area (Å²) in [6, 6.07) is 0. The normalized spacial score (nSPS) is 11.0. The van der Waals surface area contributed by atoms with Crippen molar-refractivity contribution in [3.05, 3.63) is 29.9 Å². The first-order valence-electron chi connectivity index (χ1n) is 3.65. The molecule has 2 aromatic rings. The molecule has 2 aromatic heterocycles. The van der Waals surface area contributed by atoms with E-state index in [0.29, 0.717) is 0 Å². The number of rotatable bonds is 2. The smallest absolute Gasteiger partial charge is 0.193 e. The Hall–Kier alpha value is -0.830. The molecule has 0 unspecified atom stereocenters. The van der Waals surface area contributed by atoms with E-state index in [2.05, 4.69) is 24.5 Å². The Morgan fingerprint density at radius 3 is 3.36 bits per heavy atom. The summed E-state index contributed by atoms with van der Waals surface area (Å²) in [5.41, 5.74) is 1.08. The minimum atomic E-state index is 1.05. The van der Waals surface area contributed by atoms with E-state index in [4.69, 9.17) is 0 Å². The van der Waals surface area contributed by atoms with Gasteiger partial charge >= 0.3 is 0 Å². The van der Waals surface area contributed by atoms with Crippen molar-refractivity contribution in [3.63, 3.8) is 0 Å². The Bertz CT molecular complexity index is 319. The van der Waals surface area contributed by atoms with Crippen LogP contribution < -0.4 is 0 Å². The second-order valence-corrected chi connectivity index (χ2v) is 3.24. The maximum absolute atomic E-state index is 4.39. The van der Waals surface area contributed by atoms with Gasteiger partial charge in [-0.05, 0) is 6.42 Å². The maximum atomic E-state index is 4.39. The number of thiazole rings is 1. The van der Waals surface area contributed by atoms with Crippen LogP contribution in [0.1, 0.15) is 19.0 Å². The Balaban J connectivity index is 2.42. The van der Waals surface area contributed by atoms with E-state index >= 15 is 0 Å². The minimum Gasteiger partial charge on any atom is -0.297 e. The van der Waals surface area contributed by atoms with Crippen molar-refractivity contribution in [2.45, 2.75) is 13.3 Å². The van der Waals surface area contributed by atoms with Gasteiger partial charge in [0, 0.05) is 24.2 Å². The molecule has 11 heavy (non-hydrogen) atoms. The van der Waals surface area contributed by atoms with Crippen molar-refractivity contribution < 1.29 is 0 Å². The van der Waals surface area contributed by atoms with E-state index in [1.54, 1.807) is 11.3 Å². The highest BCUT2D eigenvalue weighted by Crippen LogP contribution is 2.12. The van der Waals surface area contributed by atoms with E-state index in [1.165, 1.54) is 0 Å². The second-order valence-electron chi connectivity index (χ2n) is 2.37. The molecule has 0 aromatic carbocycles. The van der Waals surface area contributed by atoms with Gasteiger partial charge in [-0.15, -0.1) is 11.3 Å². The zero-order valence-corrected chi connectivity index (χ0v) is 7.14. The average Bonchev–Trinajstić information content (AvgIpc) is 2.46. The van der Waals surface area contributed by atoms with Crippen LogP contribution >= 0.6 is 11.3 Å². The Kier molecular flexibility index (Phi) is 1.66. The summed E-state index contributed by atoms with van der Waals surface area (Å²) in [4.78, 5) is 5.46. The summed E-state index contributed by atoms with van der Waals surface area (Å²) in [5, 5.41) is 2.04. The number of aromatic nitrogens is 2. The van der Waals surface area contributed by atoms with Crippen LogP contribution in [0.4, 0.5) is 0 Å². The predicted molar refractivity (Wildman–Crippen MR) is 46.8 cm³/mol. The van der Waals surface area contributed by atoms with Crippen LogP contribution in [0, 0.1) is 6.42 Å². The van der Waals surface area contributed by atoms with E-state index in [9.17, 15) is 0 Å². The van der Waals surface area contributed by atoms with E-state index in [-0.39, 0.29) is 0 Å². The highest BCUT2D eigenvalue weighted by Gasteiger charge is 1.99. The molecule has 2 heterocycles. The van der Waals surface area contributed by atoms with Crippen LogP contribution in [0.5, 0.6) is 0 Å². The third-order valence-corrected chi connectivity index (χ3v) is 2.30. The SMILES string of the molecule is CC[CH]c1cn2ccsc2n1. The van der Waals surface area contributed by atoms with Crippen molar-refractivity contribution in [1.82, 2.24) is 9.38 Å². The lowest BCUT2D eigenvalue weighted by molar-refractivity contribution is 1.09. The van der Waals surface area contributed by atoms with Crippen molar-refractivity contribution in [3.8, 4) is 0 Å². The van der Waals surface area contributed by atoms with Crippen molar-refractivity contribution in [2.75, 3.05) is 0 Å². The fourth-order valence-electron chi connectivity index (χ4n) is 1.05. The Morgan fingerprint density at radius 1 is 1.73 bits per heavy atom. The van der Waals surface area contributed by atoms with Gasteiger partial charge in [-0.2, -0.15) is 0 Å². The van der Waals surface area contributed by atoms with Crippen molar-refractivity contribution >= 4 is 16.3 Å². The quantitative estimate of drug-likeness (QED) is 0.667. The molecule has 2 nitrogen and oxygen atoms in total. The Labute approximate surface area is 69.5 Å². The maximum Gasteiger partial charge on any atom is 0.193 e. The summed E-state index contributed by atoms with van der Waals surface area (Å²) in [7, 11) is 0. The lowest BCUT2D eigenvalue weighted by atomic mass is 10.3. The molecular formula is C8H9N2S. The highest BCUT2D eigenvalue weighted by molar-refractivity contribution is 7.15. The monoisotopic (exact) mass is 165 g/mol. The topological polar surface area (TPSA) is 17.3 Å². The molecule has 0 aliphatic carbocycles. The molecule has 0 fully saturated rings. The van der Waals surface area contributed by atoms with Gasteiger partial charge in [-0.25, -0.2) is 4.98 Å². The Morgan fingerprint density at radius 2 is 2.64 bits per heavy atom. The molecule has 0 atom stereocenters. The van der Waals surface area contributed by atoms with Crippen LogP contribution in [-0.4, -0.2) is 9.38 Å². The largest absolute Gasteiger partial charge is 0.297 e. The lowest BCUT2D eigenvalue weighted by Crippen LogP contribution is -1.76. The molecular weight excluding hydrogens is 156 g/mol. The van der Waals surface area contributed by atoms with Gasteiger partial charge in [0.1, 0.15) is 0 Å². The third-order valence-electron chi connectivity index (χ3n) is 1.53. The lowest BCUT2D eigenvalue weighted by Gasteiger charge is -1.84. The summed E-state index contributed by atoms with van der Waals surface area (Å²) in [6.07, 6.45) is 7.25. The predicted octanol–water partition coefficient (Wildman–Crippen LogP) is 2.36. The fourth-order valence-corrected chi connectivity index (χ4v) is 1.76. The van der Waals surface area contributed by atoms with Gasteiger partial charge in [-0.3, -0.25) is 4.40 Å². The fraction of sp³-hybridized carbons (Fsp3) is 0.250. The summed E-state index contributed by atoms with van der Waals surface area (Å²) in [6.45, 7) is 2.12. The van der Waals surface area contributed by atoms with E-state index < -0.39 is 0 Å². The summed E-state index contributed by atoms with van der Waals surface area (Å²) < 4.78 is 2.05. The standard InChI is InChI=1S/C8H9N2S/c1-2-3-7-6-10-4-5-11-8(10)9-7/h3-6H,2H2,1H3. The van der Waals surface area contributed by atoms with Gasteiger partial charge in [0.2, 0.25) is 0 Å². The zero-order valence-electron chi connectivity index (χ0n) is 6.32. The average molecular weight is 165 g/mol. The van der Waals surface area contributed by atoms with Crippen molar-refractivity contribution in [2.24, 2.45) is 0 Å². The minimum absolute atomic E-state index is 1.05. The molecule has 3 heteroatoms. The van der Waals surface area contributed by atoms with Gasteiger partial charge in [-0.1, -0.05) is 6.92 Å². The van der Waals surface area contributed by atoms with Crippen LogP contribution in [0.3, 0.4) is 0 Å². The first-order chi connectivity index (χ1) is 5.40. The van der Waals surface area contributed by atoms with Crippen LogP contribution in [0.15, 0.2) is 17.8 Å². The molecule has 2 rings (SSSR count). The van der Waals surface area contributed by atoms with Crippen LogP contribution in [0.2, 0.25) is 0 Å². The molecule has 0 spiro atoms. The van der Waals surface area contributed by atoms with Crippen molar-refractivity contribution in [1.29, 1.82) is 0 Å². The first-order valence-corrected chi connectivity index (χ1v) is 4.53. The van der Waals surface area contributed by atoms with Crippen LogP contribution in [-0.2, 0) is 0 Å². The second kappa shape index (κ2) is 2.66. The molecule has 57 valence electrons. The molecule has 0 aliphatic heterocycles. The highest BCUT2D eigenvalue weighted by atomic mass is 32.1. The summed E-state index contributed by atoms with van der Waals surface area (Å²) >= 11 is 1.67. The molecule has 0 amide bonds. The molecule has 0 saturated heterocycles. The van der Waals surface area contributed by atoms with E-state index in [1.807, 2.05) is 16.0 Å². The van der Waals surface area contributed by atoms with Crippen LogP contribution in [0.25, 0.3) is 4.96 Å². The molecule has 1 radical (unpaired) electrons. The third kappa shape index (κ3) is 1.16. The summed E-state index contributed by atoms with van der Waals surface area (Å²) in [5.74, 6) is 0. The molecule has 0 saturated carbocycles. The van der Waals surface area contributed by atoms with E-state index in [0.717, 1.165) is 17.1 Å². The number of nitrogens with zero attached hydrogens (tertiary/aromatic N) is 2. The molecule has 0 N–H and O–H groups in total. The number of fused-ring (bicyclic) bond motifs is 1. The molecule has 0 bridgehead atoms. The van der Waals surface area contributed by atoms with Gasteiger partial charge in [0.05, 0.1) is 5.69 Å². The first kappa shape index (κ1) is 6.85. The number of hydrogen-bond acceptors (Lipinski definition) is 2. The van der Waals surface area contributed by atoms with Gasteiger partial charge < -0.3 is 0 Å². The zero-order chi connectivity index (χ0) is 7.68. The molecule has 0 aliphatic rings.